The van der Waals surface area contributed by atoms with Gasteiger partial charge < -0.3 is 4.74 Å². The average molecular weight is 371 g/mol. The second-order valence-electron chi connectivity index (χ2n) is 5.80. The molecular weight excluding hydrogens is 350 g/mol. The zero-order chi connectivity index (χ0) is 18.6. The van der Waals surface area contributed by atoms with Gasteiger partial charge in [0.25, 0.3) is 10.0 Å². The van der Waals surface area contributed by atoms with Gasteiger partial charge in [-0.2, -0.15) is 5.10 Å². The Kier molecular flexibility index (Phi) is 5.27. The molecule has 0 aliphatic rings. The van der Waals surface area contributed by atoms with Crippen LogP contribution < -0.4 is 9.46 Å². The Morgan fingerprint density at radius 1 is 1.08 bits per heavy atom. The first-order valence-corrected chi connectivity index (χ1v) is 9.80. The topological polar surface area (TPSA) is 73.2 Å². The summed E-state index contributed by atoms with van der Waals surface area (Å²) in [6.07, 6.45) is 1.55. The third kappa shape index (κ3) is 4.05. The van der Waals surface area contributed by atoms with E-state index >= 15 is 0 Å². The standard InChI is InChI=1S/C19H21N3O3S/c1-3-25-18-12-8-7-11-17(18)21-26(23,24)19-14-22(20-15(19)2)13-16-9-5-4-6-10-16/h4-12,14,21H,3,13H2,1-2H3. The minimum atomic E-state index is -3.77. The summed E-state index contributed by atoms with van der Waals surface area (Å²) in [6, 6.07) is 16.7. The second-order valence-corrected chi connectivity index (χ2v) is 7.45. The number of benzene rings is 2. The van der Waals surface area contributed by atoms with Crippen molar-refractivity contribution in [1.82, 2.24) is 9.78 Å². The number of nitrogens with zero attached hydrogens (tertiary/aromatic N) is 2. The van der Waals surface area contributed by atoms with E-state index in [1.54, 1.807) is 42.1 Å². The molecule has 0 spiro atoms. The molecule has 0 unspecified atom stereocenters. The number of hydrogen-bond donors (Lipinski definition) is 1. The van der Waals surface area contributed by atoms with Crippen LogP contribution >= 0.6 is 0 Å². The van der Waals surface area contributed by atoms with Gasteiger partial charge in [-0.05, 0) is 31.5 Å². The molecule has 1 aromatic heterocycles. The second kappa shape index (κ2) is 7.61. The van der Waals surface area contributed by atoms with E-state index in [1.807, 2.05) is 37.3 Å². The van der Waals surface area contributed by atoms with Crippen LogP contribution in [0.4, 0.5) is 5.69 Å². The van der Waals surface area contributed by atoms with Crippen molar-refractivity contribution in [2.75, 3.05) is 11.3 Å². The maximum Gasteiger partial charge on any atom is 0.265 e. The Bertz CT molecular complexity index is 982. The van der Waals surface area contributed by atoms with Crippen molar-refractivity contribution in [2.45, 2.75) is 25.3 Å². The summed E-state index contributed by atoms with van der Waals surface area (Å²) < 4.78 is 35.4. The quantitative estimate of drug-likeness (QED) is 0.690. The van der Waals surface area contributed by atoms with E-state index in [0.717, 1.165) is 5.56 Å². The van der Waals surface area contributed by atoms with E-state index in [-0.39, 0.29) is 4.90 Å². The zero-order valence-corrected chi connectivity index (χ0v) is 15.5. The number of anilines is 1. The van der Waals surface area contributed by atoms with Gasteiger partial charge in [0.15, 0.2) is 0 Å². The monoisotopic (exact) mass is 371 g/mol. The fraction of sp³-hybridized carbons (Fsp3) is 0.211. The predicted molar refractivity (Wildman–Crippen MR) is 101 cm³/mol. The highest BCUT2D eigenvalue weighted by Gasteiger charge is 2.22. The fourth-order valence-electron chi connectivity index (χ4n) is 2.65. The molecule has 3 rings (SSSR count). The molecule has 0 radical (unpaired) electrons. The lowest BCUT2D eigenvalue weighted by molar-refractivity contribution is 0.342. The van der Waals surface area contributed by atoms with Crippen molar-refractivity contribution >= 4 is 15.7 Å². The number of aromatic nitrogens is 2. The van der Waals surface area contributed by atoms with Gasteiger partial charge in [-0.3, -0.25) is 9.40 Å². The Hall–Kier alpha value is -2.80. The molecule has 2 aromatic carbocycles. The Balaban J connectivity index is 1.86. The minimum absolute atomic E-state index is 0.153. The predicted octanol–water partition coefficient (Wildman–Crippen LogP) is 3.44. The van der Waals surface area contributed by atoms with Crippen LogP contribution in [0, 0.1) is 6.92 Å². The van der Waals surface area contributed by atoms with Crippen LogP contribution in [0.15, 0.2) is 65.7 Å². The zero-order valence-electron chi connectivity index (χ0n) is 14.7. The van der Waals surface area contributed by atoms with Crippen LogP contribution in [0.2, 0.25) is 0 Å². The Morgan fingerprint density at radius 2 is 1.77 bits per heavy atom. The van der Waals surface area contributed by atoms with E-state index in [4.69, 9.17) is 4.74 Å². The smallest absolute Gasteiger partial charge is 0.265 e. The van der Waals surface area contributed by atoms with Crippen LogP contribution in [0.5, 0.6) is 5.75 Å². The number of rotatable bonds is 7. The number of ether oxygens (including phenoxy) is 1. The van der Waals surface area contributed by atoms with Gasteiger partial charge in [0.05, 0.1) is 24.5 Å². The van der Waals surface area contributed by atoms with Gasteiger partial charge in [-0.1, -0.05) is 42.5 Å². The molecule has 6 nitrogen and oxygen atoms in total. The molecule has 0 aliphatic heterocycles. The van der Waals surface area contributed by atoms with Crippen LogP contribution in [0.25, 0.3) is 0 Å². The number of para-hydroxylation sites is 2. The van der Waals surface area contributed by atoms with Crippen LogP contribution in [0.1, 0.15) is 18.2 Å². The summed E-state index contributed by atoms with van der Waals surface area (Å²) in [5.74, 6) is 0.493. The minimum Gasteiger partial charge on any atom is -0.492 e. The van der Waals surface area contributed by atoms with E-state index in [0.29, 0.717) is 30.3 Å². The lowest BCUT2D eigenvalue weighted by Gasteiger charge is -2.12. The van der Waals surface area contributed by atoms with Gasteiger partial charge >= 0.3 is 0 Å². The molecule has 0 amide bonds. The first kappa shape index (κ1) is 18.0. The third-order valence-electron chi connectivity index (χ3n) is 3.81. The first-order valence-electron chi connectivity index (χ1n) is 8.32. The number of hydrogen-bond acceptors (Lipinski definition) is 4. The van der Waals surface area contributed by atoms with E-state index < -0.39 is 10.0 Å². The highest BCUT2D eigenvalue weighted by Crippen LogP contribution is 2.27. The molecule has 3 aromatic rings. The lowest BCUT2D eigenvalue weighted by Crippen LogP contribution is -2.14. The van der Waals surface area contributed by atoms with Gasteiger partial charge in [0.2, 0.25) is 0 Å². The normalized spacial score (nSPS) is 11.3. The van der Waals surface area contributed by atoms with Crippen molar-refractivity contribution in [3.05, 3.63) is 72.1 Å². The molecule has 0 fully saturated rings. The molecule has 0 atom stereocenters. The SMILES string of the molecule is CCOc1ccccc1NS(=O)(=O)c1cn(Cc2ccccc2)nc1C. The van der Waals surface area contributed by atoms with Crippen molar-refractivity contribution in [1.29, 1.82) is 0 Å². The molecule has 0 aliphatic carbocycles. The molecule has 7 heteroatoms. The van der Waals surface area contributed by atoms with Crippen LogP contribution in [0.3, 0.4) is 0 Å². The highest BCUT2D eigenvalue weighted by molar-refractivity contribution is 7.92. The van der Waals surface area contributed by atoms with Gasteiger partial charge in [-0.15, -0.1) is 0 Å². The maximum absolute atomic E-state index is 12.8. The van der Waals surface area contributed by atoms with Crippen molar-refractivity contribution < 1.29 is 13.2 Å². The summed E-state index contributed by atoms with van der Waals surface area (Å²) in [6.45, 7) is 4.49. The van der Waals surface area contributed by atoms with Crippen molar-refractivity contribution in [2.24, 2.45) is 0 Å². The molecule has 0 bridgehead atoms. The average Bonchev–Trinajstić information content (AvgIpc) is 2.99. The van der Waals surface area contributed by atoms with Crippen molar-refractivity contribution in [3.8, 4) is 5.75 Å². The molecule has 0 saturated heterocycles. The number of aryl methyl sites for hydroxylation is 1. The van der Waals surface area contributed by atoms with E-state index in [2.05, 4.69) is 9.82 Å². The van der Waals surface area contributed by atoms with Gasteiger partial charge in [-0.25, -0.2) is 8.42 Å². The molecule has 26 heavy (non-hydrogen) atoms. The largest absolute Gasteiger partial charge is 0.492 e. The molecular formula is C19H21N3O3S. The summed E-state index contributed by atoms with van der Waals surface area (Å²) in [5, 5.41) is 4.34. The Labute approximate surface area is 153 Å². The molecule has 1 heterocycles. The first-order chi connectivity index (χ1) is 12.5. The summed E-state index contributed by atoms with van der Waals surface area (Å²) in [4.78, 5) is 0.153. The third-order valence-corrected chi connectivity index (χ3v) is 5.28. The summed E-state index contributed by atoms with van der Waals surface area (Å²) in [7, 11) is -3.77. The summed E-state index contributed by atoms with van der Waals surface area (Å²) in [5.41, 5.74) is 1.90. The number of nitrogens with one attached hydrogen (secondary N) is 1. The summed E-state index contributed by atoms with van der Waals surface area (Å²) >= 11 is 0. The highest BCUT2D eigenvalue weighted by atomic mass is 32.2. The molecule has 1 N–H and O–H groups in total. The fourth-order valence-corrected chi connectivity index (χ4v) is 3.91. The van der Waals surface area contributed by atoms with E-state index in [9.17, 15) is 8.42 Å². The van der Waals surface area contributed by atoms with Crippen LogP contribution in [-0.2, 0) is 16.6 Å². The molecule has 136 valence electrons. The number of sulfonamides is 1. The van der Waals surface area contributed by atoms with Gasteiger partial charge in [0, 0.05) is 6.20 Å². The van der Waals surface area contributed by atoms with Crippen molar-refractivity contribution in [3.63, 3.8) is 0 Å². The van der Waals surface area contributed by atoms with Gasteiger partial charge in [0.1, 0.15) is 10.6 Å². The lowest BCUT2D eigenvalue weighted by atomic mass is 10.2. The maximum atomic E-state index is 12.8. The van der Waals surface area contributed by atoms with E-state index in [1.165, 1.54) is 0 Å². The Morgan fingerprint density at radius 3 is 2.50 bits per heavy atom. The molecule has 0 saturated carbocycles. The van der Waals surface area contributed by atoms with Crippen LogP contribution in [-0.4, -0.2) is 24.8 Å².